The van der Waals surface area contributed by atoms with Crippen molar-refractivity contribution in [3.05, 3.63) is 68.5 Å². The van der Waals surface area contributed by atoms with E-state index < -0.39 is 23.7 Å². The Balaban J connectivity index is 1.61. The highest BCUT2D eigenvalue weighted by Gasteiger charge is 2.36. The van der Waals surface area contributed by atoms with Gasteiger partial charge in [0.1, 0.15) is 18.9 Å². The Bertz CT molecular complexity index is 1050. The fraction of sp³-hybridized carbons (Fsp3) is 0.261. The maximum absolute atomic E-state index is 12.6. The van der Waals surface area contributed by atoms with Crippen molar-refractivity contribution < 1.29 is 23.9 Å². The van der Waals surface area contributed by atoms with Crippen LogP contribution >= 0.6 is 35.0 Å². The third kappa shape index (κ3) is 6.28. The third-order valence-corrected chi connectivity index (χ3v) is 6.15. The normalized spacial score (nSPS) is 15.9. The molecule has 2 aromatic rings. The van der Waals surface area contributed by atoms with Crippen LogP contribution in [0.4, 0.5) is 4.79 Å². The number of nitrogens with zero attached hydrogens (tertiary/aromatic N) is 1. The van der Waals surface area contributed by atoms with Crippen molar-refractivity contribution in [1.82, 2.24) is 4.90 Å². The molecule has 2 aromatic carbocycles. The number of imide groups is 1. The lowest BCUT2D eigenvalue weighted by molar-refractivity contribution is -0.150. The largest absolute Gasteiger partial charge is 0.489 e. The first-order valence-corrected chi connectivity index (χ1v) is 11.5. The molecule has 1 saturated heterocycles. The average Bonchev–Trinajstić information content (AvgIpc) is 3.01. The first kappa shape index (κ1) is 24.2. The molecule has 6 nitrogen and oxygen atoms in total. The minimum atomic E-state index is -0.606. The SMILES string of the molecule is CC[C@@H](C)OC(=O)CN1C(=O)S/C(=C/c2ccc(OCc3ccc(Cl)cc3Cl)cc2)C1=O. The standard InChI is InChI=1S/C23H21Cl2NO5S/c1-3-14(2)31-21(27)12-26-22(28)20(32-23(26)29)10-15-4-8-18(9-5-15)30-13-16-6-7-17(24)11-19(16)25/h4-11,14H,3,12-13H2,1-2H3/b20-10+/t14-/m1/s1. The van der Waals surface area contributed by atoms with Crippen molar-refractivity contribution >= 4 is 58.2 Å². The number of ether oxygens (including phenoxy) is 2. The zero-order valence-electron chi connectivity index (χ0n) is 17.5. The number of carbonyl (C=O) groups is 3. The Kier molecular flexibility index (Phi) is 8.23. The molecule has 0 N–H and O–H groups in total. The number of halogens is 2. The molecule has 0 aliphatic carbocycles. The van der Waals surface area contributed by atoms with Crippen LogP contribution in [0.2, 0.25) is 10.0 Å². The van der Waals surface area contributed by atoms with Gasteiger partial charge in [-0.2, -0.15) is 0 Å². The van der Waals surface area contributed by atoms with Gasteiger partial charge in [0.15, 0.2) is 0 Å². The van der Waals surface area contributed by atoms with Crippen LogP contribution in [0.5, 0.6) is 5.75 Å². The van der Waals surface area contributed by atoms with Gasteiger partial charge in [0.25, 0.3) is 11.1 Å². The molecule has 9 heteroatoms. The summed E-state index contributed by atoms with van der Waals surface area (Å²) in [6.45, 7) is 3.51. The molecule has 1 aliphatic heterocycles. The second-order valence-corrected chi connectivity index (χ2v) is 8.91. The van der Waals surface area contributed by atoms with Crippen molar-refractivity contribution in [2.75, 3.05) is 6.54 Å². The fourth-order valence-corrected chi connectivity index (χ4v) is 4.02. The fourth-order valence-electron chi connectivity index (χ4n) is 2.72. The van der Waals surface area contributed by atoms with Crippen LogP contribution in [-0.2, 0) is 20.9 Å². The summed E-state index contributed by atoms with van der Waals surface area (Å²) in [5.41, 5.74) is 1.52. The van der Waals surface area contributed by atoms with E-state index in [4.69, 9.17) is 32.7 Å². The Morgan fingerprint density at radius 3 is 2.53 bits per heavy atom. The minimum absolute atomic E-state index is 0.243. The van der Waals surface area contributed by atoms with Crippen LogP contribution in [0.15, 0.2) is 47.4 Å². The highest BCUT2D eigenvalue weighted by Crippen LogP contribution is 2.32. The average molecular weight is 494 g/mol. The van der Waals surface area contributed by atoms with Crippen molar-refractivity contribution in [3.63, 3.8) is 0 Å². The second-order valence-electron chi connectivity index (χ2n) is 7.07. The van der Waals surface area contributed by atoms with Gasteiger partial charge in [0.05, 0.1) is 11.0 Å². The first-order chi connectivity index (χ1) is 15.3. The van der Waals surface area contributed by atoms with Crippen molar-refractivity contribution in [3.8, 4) is 5.75 Å². The van der Waals surface area contributed by atoms with E-state index in [-0.39, 0.29) is 17.6 Å². The van der Waals surface area contributed by atoms with Gasteiger partial charge < -0.3 is 9.47 Å². The highest BCUT2D eigenvalue weighted by atomic mass is 35.5. The molecule has 1 atom stereocenters. The van der Waals surface area contributed by atoms with Gasteiger partial charge in [-0.15, -0.1) is 0 Å². The molecule has 1 heterocycles. The summed E-state index contributed by atoms with van der Waals surface area (Å²) in [7, 11) is 0. The van der Waals surface area contributed by atoms with Gasteiger partial charge in [0.2, 0.25) is 0 Å². The molecule has 0 aromatic heterocycles. The molecule has 0 radical (unpaired) electrons. The number of carbonyl (C=O) groups excluding carboxylic acids is 3. The van der Waals surface area contributed by atoms with Gasteiger partial charge in [-0.05, 0) is 61.0 Å². The van der Waals surface area contributed by atoms with Gasteiger partial charge >= 0.3 is 5.97 Å². The zero-order chi connectivity index (χ0) is 23.3. The summed E-state index contributed by atoms with van der Waals surface area (Å²) in [6, 6.07) is 12.2. The van der Waals surface area contributed by atoms with Crippen molar-refractivity contribution in [1.29, 1.82) is 0 Å². The first-order valence-electron chi connectivity index (χ1n) is 9.88. The Labute approximate surface area is 200 Å². The van der Waals surface area contributed by atoms with Crippen molar-refractivity contribution in [2.45, 2.75) is 33.0 Å². The van der Waals surface area contributed by atoms with E-state index in [9.17, 15) is 14.4 Å². The van der Waals surface area contributed by atoms with E-state index in [2.05, 4.69) is 0 Å². The number of hydrogen-bond donors (Lipinski definition) is 0. The van der Waals surface area contributed by atoms with E-state index in [1.165, 1.54) is 0 Å². The summed E-state index contributed by atoms with van der Waals surface area (Å²) >= 11 is 12.8. The topological polar surface area (TPSA) is 72.9 Å². The zero-order valence-corrected chi connectivity index (χ0v) is 19.8. The molecule has 0 unspecified atom stereocenters. The summed E-state index contributed by atoms with van der Waals surface area (Å²) in [6.07, 6.45) is 1.99. The Morgan fingerprint density at radius 1 is 1.16 bits per heavy atom. The number of esters is 1. The molecule has 0 spiro atoms. The summed E-state index contributed by atoms with van der Waals surface area (Å²) in [5.74, 6) is -0.502. The van der Waals surface area contributed by atoms with E-state index in [0.717, 1.165) is 27.8 Å². The van der Waals surface area contributed by atoms with Gasteiger partial charge in [0, 0.05) is 15.6 Å². The maximum atomic E-state index is 12.6. The number of hydrogen-bond acceptors (Lipinski definition) is 6. The lowest BCUT2D eigenvalue weighted by Gasteiger charge is -2.14. The molecule has 1 aliphatic rings. The number of rotatable bonds is 8. The predicted octanol–water partition coefficient (Wildman–Crippen LogP) is 5.95. The van der Waals surface area contributed by atoms with E-state index in [1.807, 2.05) is 6.92 Å². The van der Waals surface area contributed by atoms with Crippen LogP contribution in [0, 0.1) is 0 Å². The summed E-state index contributed by atoms with van der Waals surface area (Å²) < 4.78 is 10.9. The van der Waals surface area contributed by atoms with Crippen LogP contribution in [0.1, 0.15) is 31.4 Å². The third-order valence-electron chi connectivity index (χ3n) is 4.66. The second kappa shape index (κ2) is 10.9. The molecule has 0 saturated carbocycles. The molecule has 0 bridgehead atoms. The van der Waals surface area contributed by atoms with E-state index in [1.54, 1.807) is 55.5 Å². The molecule has 1 fully saturated rings. The van der Waals surface area contributed by atoms with E-state index >= 15 is 0 Å². The van der Waals surface area contributed by atoms with Gasteiger partial charge in [-0.1, -0.05) is 48.3 Å². The van der Waals surface area contributed by atoms with Crippen LogP contribution in [-0.4, -0.2) is 34.7 Å². The summed E-state index contributed by atoms with van der Waals surface area (Å²) in [5, 5.41) is 0.583. The Hall–Kier alpha value is -2.48. The molecular weight excluding hydrogens is 473 g/mol. The van der Waals surface area contributed by atoms with Crippen molar-refractivity contribution in [2.24, 2.45) is 0 Å². The van der Waals surface area contributed by atoms with Gasteiger partial charge in [-0.25, -0.2) is 0 Å². The monoisotopic (exact) mass is 493 g/mol. The molecule has 3 rings (SSSR count). The molecule has 168 valence electrons. The lowest BCUT2D eigenvalue weighted by Crippen LogP contribution is -2.35. The lowest BCUT2D eigenvalue weighted by atomic mass is 10.2. The quantitative estimate of drug-likeness (QED) is 0.334. The van der Waals surface area contributed by atoms with E-state index in [0.29, 0.717) is 22.2 Å². The predicted molar refractivity (Wildman–Crippen MR) is 126 cm³/mol. The molecule has 32 heavy (non-hydrogen) atoms. The maximum Gasteiger partial charge on any atom is 0.326 e. The molecule has 2 amide bonds. The van der Waals surface area contributed by atoms with Gasteiger partial charge in [-0.3, -0.25) is 19.3 Å². The number of benzene rings is 2. The van der Waals surface area contributed by atoms with Crippen LogP contribution in [0.3, 0.4) is 0 Å². The number of thioether (sulfide) groups is 1. The smallest absolute Gasteiger partial charge is 0.326 e. The van der Waals surface area contributed by atoms with Crippen LogP contribution < -0.4 is 4.74 Å². The molecular formula is C23H21Cl2NO5S. The number of amides is 2. The van der Waals surface area contributed by atoms with Crippen LogP contribution in [0.25, 0.3) is 6.08 Å². The summed E-state index contributed by atoms with van der Waals surface area (Å²) in [4.78, 5) is 37.8. The highest BCUT2D eigenvalue weighted by molar-refractivity contribution is 8.18. The minimum Gasteiger partial charge on any atom is -0.489 e. The Morgan fingerprint density at radius 2 is 1.88 bits per heavy atom.